The minimum atomic E-state index is -7.17. The summed E-state index contributed by atoms with van der Waals surface area (Å²) in [6.07, 6.45) is 0. The Balaban J connectivity index is 6.60. The van der Waals surface area contributed by atoms with Gasteiger partial charge >= 0.3 is 32.0 Å². The number of rotatable bonds is 6. The summed E-state index contributed by atoms with van der Waals surface area (Å²) in [6, 6.07) is 0. The molecular weight excluding hydrogens is 396 g/mol. The maximum atomic E-state index is 13.5. The Morgan fingerprint density at radius 2 is 1.38 bits per heavy atom. The Kier molecular flexibility index (Phi) is 5.47. The number of sulfonamides is 1. The fraction of sp³-hybridized carbons (Fsp3) is 0.500. The molecule has 0 unspecified atom stereocenters. The highest BCUT2D eigenvalue weighted by molar-refractivity contribution is 7.95. The van der Waals surface area contributed by atoms with E-state index in [1.165, 1.54) is 0 Å². The van der Waals surface area contributed by atoms with Gasteiger partial charge in [0.15, 0.2) is 0 Å². The van der Waals surface area contributed by atoms with Crippen LogP contribution in [0.1, 0.15) is 6.92 Å². The topological polar surface area (TPSA) is 112 Å². The molecule has 24 heavy (non-hydrogen) atoms. The Morgan fingerprint density at radius 3 is 1.67 bits per heavy atom. The Hall–Kier alpha value is -2.20. The van der Waals surface area contributed by atoms with Crippen molar-refractivity contribution in [2.75, 3.05) is 0 Å². The molecule has 0 aliphatic carbocycles. The van der Waals surface area contributed by atoms with Gasteiger partial charge in [-0.3, -0.25) is 13.1 Å². The van der Waals surface area contributed by atoms with E-state index in [2.05, 4.69) is 0 Å². The van der Waals surface area contributed by atoms with Crippen molar-refractivity contribution >= 4 is 25.8 Å². The van der Waals surface area contributed by atoms with Gasteiger partial charge in [-0.2, -0.15) is 39.2 Å². The molecule has 0 atom stereocenters. The van der Waals surface area contributed by atoms with Crippen LogP contribution >= 0.6 is 0 Å². The normalized spacial score (nSPS) is 14.6. The van der Waals surface area contributed by atoms with E-state index in [9.17, 15) is 48.3 Å². The first-order valence-corrected chi connectivity index (χ1v) is 7.84. The molecule has 0 rings (SSSR count). The fourth-order valence-electron chi connectivity index (χ4n) is 0.987. The molecule has 0 saturated heterocycles. The van der Waals surface area contributed by atoms with Crippen LogP contribution < -0.4 is 5.11 Å². The van der Waals surface area contributed by atoms with Gasteiger partial charge in [0, 0.05) is 0 Å². The predicted molar refractivity (Wildman–Crippen MR) is 62.2 cm³/mol. The summed E-state index contributed by atoms with van der Waals surface area (Å²) in [4.78, 5) is 3.38. The van der Waals surface area contributed by atoms with Crippen LogP contribution in [0.2, 0.25) is 0 Å². The molecule has 0 spiro atoms. The second-order valence-corrected chi connectivity index (χ2v) is 7.23. The molecule has 0 aromatic carbocycles. The van der Waals surface area contributed by atoms with Gasteiger partial charge in [-0.25, -0.2) is 8.42 Å². The van der Waals surface area contributed by atoms with E-state index < -0.39 is 47.7 Å². The van der Waals surface area contributed by atoms with Crippen LogP contribution in [-0.2, 0) is 19.9 Å². The second-order valence-electron chi connectivity index (χ2n) is 3.70. The molecule has 16 heteroatoms. The predicted octanol–water partition coefficient (Wildman–Crippen LogP) is 0.616. The van der Waals surface area contributed by atoms with Crippen LogP contribution in [0, 0.1) is 18.6 Å². The van der Waals surface area contributed by atoms with Gasteiger partial charge in [0.05, 0.1) is 0 Å². The van der Waals surface area contributed by atoms with Gasteiger partial charge < -0.3 is 14.8 Å². The number of hydrogen-bond acceptors (Lipinski definition) is 5. The van der Waals surface area contributed by atoms with Crippen LogP contribution in [0.3, 0.4) is 0 Å². The van der Waals surface area contributed by atoms with Gasteiger partial charge in [0.2, 0.25) is 0 Å². The third-order valence-corrected chi connectivity index (χ3v) is 5.07. The maximum Gasteiger partial charge on any atom is 0.434 e. The number of halogens is 6. The zero-order chi connectivity index (χ0) is 19.8. The SMILES string of the molecule is [C-]#[N+][C-]([N+]#[C-])S(=O)(=O)C(F)(F)C(F)(F)C(F)(F)S(=O)(=O)N=C(C)[O-]. The van der Waals surface area contributed by atoms with E-state index in [1.807, 2.05) is 0 Å². The average molecular weight is 399 g/mol. The monoisotopic (exact) mass is 399 g/mol. The molecule has 0 aromatic rings. The summed E-state index contributed by atoms with van der Waals surface area (Å²) in [6.45, 7) is 12.5. The van der Waals surface area contributed by atoms with Gasteiger partial charge in [0.25, 0.3) is 9.84 Å². The van der Waals surface area contributed by atoms with E-state index in [1.54, 1.807) is 14.1 Å². The largest absolute Gasteiger partial charge is 0.861 e. The molecule has 0 fully saturated rings. The van der Waals surface area contributed by atoms with Crippen molar-refractivity contribution in [3.63, 3.8) is 0 Å². The Bertz CT molecular complexity index is 818. The summed E-state index contributed by atoms with van der Waals surface area (Å²) in [5.74, 6) is -9.15. The fourth-order valence-corrected chi connectivity index (χ4v) is 2.89. The number of sulfone groups is 1. The lowest BCUT2D eigenvalue weighted by Gasteiger charge is -2.31. The summed E-state index contributed by atoms with van der Waals surface area (Å²) in [5, 5.41) is -3.36. The highest BCUT2D eigenvalue weighted by atomic mass is 32.2. The Morgan fingerprint density at radius 1 is 1.00 bits per heavy atom. The van der Waals surface area contributed by atoms with Crippen LogP contribution in [0.4, 0.5) is 26.3 Å². The molecule has 0 aliphatic heterocycles. The molecule has 0 amide bonds. The van der Waals surface area contributed by atoms with Crippen LogP contribution in [0.5, 0.6) is 0 Å². The Labute approximate surface area is 131 Å². The smallest absolute Gasteiger partial charge is 0.434 e. The maximum absolute atomic E-state index is 13.5. The van der Waals surface area contributed by atoms with Crippen molar-refractivity contribution in [1.82, 2.24) is 0 Å². The first-order valence-electron chi connectivity index (χ1n) is 4.92. The molecule has 0 aromatic heterocycles. The molecule has 8 nitrogen and oxygen atoms in total. The highest BCUT2D eigenvalue weighted by Crippen LogP contribution is 2.53. The molecule has 0 bridgehead atoms. The van der Waals surface area contributed by atoms with Crippen molar-refractivity contribution < 1.29 is 48.3 Å². The van der Waals surface area contributed by atoms with Gasteiger partial charge in [-0.15, -0.1) is 0 Å². The molecule has 0 heterocycles. The summed E-state index contributed by atoms with van der Waals surface area (Å²) in [7, 11) is -13.9. The van der Waals surface area contributed by atoms with E-state index >= 15 is 0 Å². The zero-order valence-corrected chi connectivity index (χ0v) is 12.6. The van der Waals surface area contributed by atoms with E-state index in [0.29, 0.717) is 0 Å². The molecule has 0 N–H and O–H groups in total. The first kappa shape index (κ1) is 21.8. The van der Waals surface area contributed by atoms with Crippen LogP contribution in [0.25, 0.3) is 9.69 Å². The van der Waals surface area contributed by atoms with Gasteiger partial charge in [0.1, 0.15) is 0 Å². The van der Waals surface area contributed by atoms with Crippen molar-refractivity contribution in [3.8, 4) is 0 Å². The third kappa shape index (κ3) is 2.94. The lowest BCUT2D eigenvalue weighted by atomic mass is 10.3. The summed E-state index contributed by atoms with van der Waals surface area (Å²) < 4.78 is 126. The van der Waals surface area contributed by atoms with Crippen molar-refractivity contribution in [2.45, 2.75) is 23.4 Å². The van der Waals surface area contributed by atoms with Crippen molar-refractivity contribution in [3.05, 3.63) is 28.3 Å². The third-order valence-electron chi connectivity index (χ3n) is 2.07. The second kappa shape index (κ2) is 6.02. The van der Waals surface area contributed by atoms with Crippen molar-refractivity contribution in [2.24, 2.45) is 4.40 Å². The van der Waals surface area contributed by atoms with E-state index in [4.69, 9.17) is 13.1 Å². The van der Waals surface area contributed by atoms with Crippen molar-refractivity contribution in [1.29, 1.82) is 0 Å². The average Bonchev–Trinajstić information content (AvgIpc) is 2.37. The lowest BCUT2D eigenvalue weighted by Crippen LogP contribution is -2.60. The molecule has 0 aliphatic rings. The number of nitrogens with zero attached hydrogens (tertiary/aromatic N) is 3. The summed E-state index contributed by atoms with van der Waals surface area (Å²) in [5.41, 5.74) is -2.59. The molecule has 136 valence electrons. The minimum absolute atomic E-state index is 0.213. The van der Waals surface area contributed by atoms with E-state index in [-0.39, 0.29) is 6.92 Å². The highest BCUT2D eigenvalue weighted by Gasteiger charge is 2.82. The quantitative estimate of drug-likeness (QED) is 0.281. The lowest BCUT2D eigenvalue weighted by molar-refractivity contribution is -0.243. The molecular formula is C8H3F6N3O5S2-2. The number of hydrogen-bond donors (Lipinski definition) is 0. The molecule has 0 saturated carbocycles. The van der Waals surface area contributed by atoms with Crippen LogP contribution in [0.15, 0.2) is 4.40 Å². The summed E-state index contributed by atoms with van der Waals surface area (Å²) >= 11 is 0. The first-order chi connectivity index (χ1) is 10.4. The standard InChI is InChI=1S/C8H4F6N3O5S2/c1-4(18)17-24(21,22)8(13,14)6(9,10)7(11,12)23(19,20)5(15-2)16-3/h1H3,(H,17,18)/q-1/p-1. The molecule has 0 radical (unpaired) electrons. The number of alkyl halides is 6. The minimum Gasteiger partial charge on any atom is -0.861 e. The van der Waals surface area contributed by atoms with Gasteiger partial charge in [-0.1, -0.05) is 0 Å². The van der Waals surface area contributed by atoms with Gasteiger partial charge in [-0.05, 0) is 12.8 Å². The van der Waals surface area contributed by atoms with Crippen LogP contribution in [-0.4, -0.2) is 39.2 Å². The zero-order valence-electron chi connectivity index (χ0n) is 11.0. The van der Waals surface area contributed by atoms with E-state index in [0.717, 1.165) is 0 Å².